The highest BCUT2D eigenvalue weighted by Gasteiger charge is 2.13. The van der Waals surface area contributed by atoms with E-state index in [4.69, 9.17) is 0 Å². The van der Waals surface area contributed by atoms with Crippen LogP contribution >= 0.6 is 35.3 Å². The number of hydrogen-bond acceptors (Lipinski definition) is 3. The van der Waals surface area contributed by atoms with Crippen LogP contribution in [0.5, 0.6) is 0 Å². The lowest BCUT2D eigenvalue weighted by atomic mass is 10.0. The van der Waals surface area contributed by atoms with Crippen molar-refractivity contribution in [3.63, 3.8) is 0 Å². The van der Waals surface area contributed by atoms with Gasteiger partial charge < -0.3 is 15.5 Å². The fourth-order valence-corrected chi connectivity index (χ4v) is 2.79. The minimum atomic E-state index is 0. The Morgan fingerprint density at radius 3 is 2.55 bits per heavy atom. The maximum atomic E-state index is 4.65. The molecule has 4 nitrogen and oxygen atoms in total. The minimum Gasteiger partial charge on any atom is -0.357 e. The van der Waals surface area contributed by atoms with E-state index in [1.54, 1.807) is 11.3 Å². The Morgan fingerprint density at radius 1 is 1.32 bits per heavy atom. The Balaban J connectivity index is 0.00000441. The monoisotopic (exact) mass is 438 g/mol. The molecule has 0 amide bonds. The number of nitrogens with one attached hydrogen (secondary N) is 2. The first-order chi connectivity index (χ1) is 10.0. The third kappa shape index (κ3) is 8.95. The zero-order valence-corrected chi connectivity index (χ0v) is 17.6. The average molecular weight is 438 g/mol. The standard InChI is InChI=1S/C16H30N4S.HI/c1-6-17-16(18-10-14-7-8-21-12-14)19-11-15(20(4)5)9-13(2)3;/h7-8,12-13,15H,6,9-11H2,1-5H3,(H2,17,18,19);1H. The highest BCUT2D eigenvalue weighted by molar-refractivity contribution is 14.0. The summed E-state index contributed by atoms with van der Waals surface area (Å²) in [5, 5.41) is 11.0. The number of guanidine groups is 1. The van der Waals surface area contributed by atoms with E-state index < -0.39 is 0 Å². The molecule has 0 saturated carbocycles. The molecule has 1 aromatic heterocycles. The summed E-state index contributed by atoms with van der Waals surface area (Å²) in [5.74, 6) is 1.60. The SMILES string of the molecule is CCNC(=NCc1ccsc1)NCC(CC(C)C)N(C)C.I. The van der Waals surface area contributed by atoms with Crippen molar-refractivity contribution in [1.82, 2.24) is 15.5 Å². The summed E-state index contributed by atoms with van der Waals surface area (Å²) in [6.45, 7) is 9.17. The molecular formula is C16H31IN4S. The van der Waals surface area contributed by atoms with E-state index in [-0.39, 0.29) is 24.0 Å². The van der Waals surface area contributed by atoms with Gasteiger partial charge in [0, 0.05) is 19.1 Å². The van der Waals surface area contributed by atoms with Gasteiger partial charge in [-0.25, -0.2) is 4.99 Å². The maximum Gasteiger partial charge on any atom is 0.191 e. The van der Waals surface area contributed by atoms with Crippen LogP contribution in [0.3, 0.4) is 0 Å². The predicted molar refractivity (Wildman–Crippen MR) is 109 cm³/mol. The fraction of sp³-hybridized carbons (Fsp3) is 0.688. The van der Waals surface area contributed by atoms with E-state index in [9.17, 15) is 0 Å². The third-order valence-corrected chi connectivity index (χ3v) is 4.06. The van der Waals surface area contributed by atoms with Crippen molar-refractivity contribution in [3.05, 3.63) is 22.4 Å². The molecule has 1 atom stereocenters. The van der Waals surface area contributed by atoms with Crippen LogP contribution in [-0.4, -0.2) is 44.1 Å². The Hall–Kier alpha value is -0.340. The van der Waals surface area contributed by atoms with Crippen LogP contribution in [0, 0.1) is 5.92 Å². The molecule has 6 heteroatoms. The quantitative estimate of drug-likeness (QED) is 0.371. The normalized spacial score (nSPS) is 13.1. The Bertz CT molecular complexity index is 404. The van der Waals surface area contributed by atoms with Gasteiger partial charge in [-0.3, -0.25) is 0 Å². The molecule has 0 bridgehead atoms. The molecule has 0 fully saturated rings. The van der Waals surface area contributed by atoms with E-state index >= 15 is 0 Å². The molecule has 1 heterocycles. The van der Waals surface area contributed by atoms with Gasteiger partial charge in [0.25, 0.3) is 0 Å². The van der Waals surface area contributed by atoms with E-state index in [1.807, 2.05) is 0 Å². The summed E-state index contributed by atoms with van der Waals surface area (Å²) in [6.07, 6.45) is 1.18. The molecule has 0 saturated heterocycles. The summed E-state index contributed by atoms with van der Waals surface area (Å²) < 4.78 is 0. The maximum absolute atomic E-state index is 4.65. The van der Waals surface area contributed by atoms with E-state index in [2.05, 4.69) is 72.2 Å². The number of aliphatic imine (C=N–C) groups is 1. The van der Waals surface area contributed by atoms with Crippen LogP contribution in [0.4, 0.5) is 0 Å². The van der Waals surface area contributed by atoms with Crippen LogP contribution < -0.4 is 10.6 Å². The number of thiophene rings is 1. The van der Waals surface area contributed by atoms with E-state index in [0.29, 0.717) is 12.0 Å². The number of nitrogens with zero attached hydrogens (tertiary/aromatic N) is 2. The second kappa shape index (κ2) is 12.1. The number of likely N-dealkylation sites (N-methyl/N-ethyl adjacent to an activating group) is 1. The van der Waals surface area contributed by atoms with Gasteiger partial charge in [0.2, 0.25) is 0 Å². The molecule has 0 aromatic carbocycles. The highest BCUT2D eigenvalue weighted by Crippen LogP contribution is 2.09. The fourth-order valence-electron chi connectivity index (χ4n) is 2.13. The zero-order valence-electron chi connectivity index (χ0n) is 14.4. The highest BCUT2D eigenvalue weighted by atomic mass is 127. The van der Waals surface area contributed by atoms with Gasteiger partial charge >= 0.3 is 0 Å². The molecule has 2 N–H and O–H groups in total. The molecule has 22 heavy (non-hydrogen) atoms. The average Bonchev–Trinajstić information content (AvgIpc) is 2.92. The van der Waals surface area contributed by atoms with Crippen molar-refractivity contribution in [2.45, 2.75) is 39.8 Å². The van der Waals surface area contributed by atoms with Gasteiger partial charge in [0.1, 0.15) is 0 Å². The van der Waals surface area contributed by atoms with Crippen molar-refractivity contribution < 1.29 is 0 Å². The molecule has 0 spiro atoms. The summed E-state index contributed by atoms with van der Waals surface area (Å²) in [6, 6.07) is 2.65. The lowest BCUT2D eigenvalue weighted by Crippen LogP contribution is -2.45. The molecule has 0 aliphatic carbocycles. The van der Waals surface area contributed by atoms with Crippen LogP contribution in [0.1, 0.15) is 32.8 Å². The summed E-state index contributed by atoms with van der Waals surface area (Å²) >= 11 is 1.72. The molecule has 0 aliphatic heterocycles. The molecule has 1 aromatic rings. The zero-order chi connectivity index (χ0) is 15.7. The number of rotatable bonds is 8. The Morgan fingerprint density at radius 2 is 2.05 bits per heavy atom. The van der Waals surface area contributed by atoms with Crippen molar-refractivity contribution in [2.24, 2.45) is 10.9 Å². The Kier molecular flexibility index (Phi) is 11.9. The molecule has 0 radical (unpaired) electrons. The predicted octanol–water partition coefficient (Wildman–Crippen LogP) is 3.40. The first kappa shape index (κ1) is 21.7. The van der Waals surface area contributed by atoms with Crippen molar-refractivity contribution >= 4 is 41.3 Å². The van der Waals surface area contributed by atoms with Gasteiger partial charge in [0.05, 0.1) is 6.54 Å². The topological polar surface area (TPSA) is 39.7 Å². The molecular weight excluding hydrogens is 407 g/mol. The smallest absolute Gasteiger partial charge is 0.191 e. The summed E-state index contributed by atoms with van der Waals surface area (Å²) in [7, 11) is 4.29. The molecule has 1 rings (SSSR count). The van der Waals surface area contributed by atoms with E-state index in [1.165, 1.54) is 12.0 Å². The van der Waals surface area contributed by atoms with Gasteiger partial charge in [-0.2, -0.15) is 11.3 Å². The van der Waals surface area contributed by atoms with Crippen LogP contribution in [0.15, 0.2) is 21.8 Å². The first-order valence-corrected chi connectivity index (χ1v) is 8.66. The second-order valence-corrected chi connectivity index (χ2v) is 6.73. The minimum absolute atomic E-state index is 0. The van der Waals surface area contributed by atoms with Crippen LogP contribution in [0.25, 0.3) is 0 Å². The summed E-state index contributed by atoms with van der Waals surface area (Å²) in [4.78, 5) is 6.94. The van der Waals surface area contributed by atoms with E-state index in [0.717, 1.165) is 25.6 Å². The van der Waals surface area contributed by atoms with Crippen LogP contribution in [-0.2, 0) is 6.54 Å². The largest absolute Gasteiger partial charge is 0.357 e. The van der Waals surface area contributed by atoms with Gasteiger partial charge in [-0.1, -0.05) is 13.8 Å². The second-order valence-electron chi connectivity index (χ2n) is 5.95. The van der Waals surface area contributed by atoms with Gasteiger partial charge in [-0.15, -0.1) is 24.0 Å². The molecule has 0 aliphatic rings. The Labute approximate surface area is 156 Å². The van der Waals surface area contributed by atoms with Crippen molar-refractivity contribution in [3.8, 4) is 0 Å². The molecule has 1 unspecified atom stereocenters. The third-order valence-electron chi connectivity index (χ3n) is 3.32. The lowest BCUT2D eigenvalue weighted by molar-refractivity contribution is 0.254. The van der Waals surface area contributed by atoms with Gasteiger partial charge in [0.15, 0.2) is 5.96 Å². The molecule has 128 valence electrons. The number of hydrogen-bond donors (Lipinski definition) is 2. The van der Waals surface area contributed by atoms with Gasteiger partial charge in [-0.05, 0) is 55.7 Å². The lowest BCUT2D eigenvalue weighted by Gasteiger charge is -2.27. The van der Waals surface area contributed by atoms with Crippen molar-refractivity contribution in [1.29, 1.82) is 0 Å². The number of halogens is 1. The summed E-state index contributed by atoms with van der Waals surface area (Å²) in [5.41, 5.74) is 1.27. The first-order valence-electron chi connectivity index (χ1n) is 7.72. The van der Waals surface area contributed by atoms with Crippen molar-refractivity contribution in [2.75, 3.05) is 27.2 Å². The van der Waals surface area contributed by atoms with Crippen LogP contribution in [0.2, 0.25) is 0 Å².